The maximum absolute atomic E-state index is 12.3. The summed E-state index contributed by atoms with van der Waals surface area (Å²) in [5.41, 5.74) is 8.80. The number of anilines is 2. The third-order valence-electron chi connectivity index (χ3n) is 5.05. The first-order valence-corrected chi connectivity index (χ1v) is 10.8. The molecule has 8 nitrogen and oxygen atoms in total. The minimum Gasteiger partial charge on any atom is -0.496 e. The summed E-state index contributed by atoms with van der Waals surface area (Å²) in [5.74, 6) is 0.995. The molecule has 0 spiro atoms. The number of aromatic nitrogens is 2. The molecular formula is C23H34N4O4. The SMILES string of the molecule is CCCCOC(=O)c1ccc(Cc2c(C)nc(N)nc2NC(CO)CCC)c(OC)c1. The van der Waals surface area contributed by atoms with Crippen molar-refractivity contribution in [2.75, 3.05) is 31.4 Å². The standard InChI is InChI=1S/C23H34N4O4/c1-5-7-11-31-22(29)17-10-9-16(20(13-17)30-4)12-19-15(3)25-23(24)27-21(19)26-18(14-28)8-6-2/h9-10,13,18,28H,5-8,11-12,14H2,1-4H3,(H3,24,25,26,27). The van der Waals surface area contributed by atoms with Gasteiger partial charge in [0, 0.05) is 17.7 Å². The summed E-state index contributed by atoms with van der Waals surface area (Å²) >= 11 is 0. The molecule has 0 aliphatic carbocycles. The van der Waals surface area contributed by atoms with Gasteiger partial charge in [0.1, 0.15) is 11.6 Å². The van der Waals surface area contributed by atoms with Crippen LogP contribution < -0.4 is 15.8 Å². The van der Waals surface area contributed by atoms with E-state index in [0.29, 0.717) is 30.2 Å². The quantitative estimate of drug-likeness (QED) is 0.346. The Labute approximate surface area is 184 Å². The highest BCUT2D eigenvalue weighted by molar-refractivity contribution is 5.90. The predicted molar refractivity (Wildman–Crippen MR) is 122 cm³/mol. The lowest BCUT2D eigenvalue weighted by Gasteiger charge is -2.20. The number of nitrogens with one attached hydrogen (secondary N) is 1. The summed E-state index contributed by atoms with van der Waals surface area (Å²) in [5, 5.41) is 13.0. The lowest BCUT2D eigenvalue weighted by molar-refractivity contribution is 0.0499. The molecule has 0 amide bonds. The summed E-state index contributed by atoms with van der Waals surface area (Å²) in [6, 6.07) is 5.15. The van der Waals surface area contributed by atoms with Crippen LogP contribution in [0.1, 0.15) is 66.7 Å². The van der Waals surface area contributed by atoms with Gasteiger partial charge >= 0.3 is 5.97 Å². The van der Waals surface area contributed by atoms with Crippen molar-refractivity contribution < 1.29 is 19.4 Å². The van der Waals surface area contributed by atoms with E-state index in [1.807, 2.05) is 19.9 Å². The number of esters is 1. The Bertz CT molecular complexity index is 873. The van der Waals surface area contributed by atoms with Gasteiger partial charge in [-0.25, -0.2) is 9.78 Å². The maximum atomic E-state index is 12.3. The Morgan fingerprint density at radius 2 is 2.03 bits per heavy atom. The summed E-state index contributed by atoms with van der Waals surface area (Å²) < 4.78 is 10.8. The van der Waals surface area contributed by atoms with Gasteiger partial charge in [-0.05, 0) is 37.5 Å². The van der Waals surface area contributed by atoms with Crippen LogP contribution in [0.2, 0.25) is 0 Å². The van der Waals surface area contributed by atoms with Crippen LogP contribution in [0.25, 0.3) is 0 Å². The number of nitrogens with zero attached hydrogens (tertiary/aromatic N) is 2. The number of hydrogen-bond donors (Lipinski definition) is 3. The Kier molecular flexibility index (Phi) is 9.52. The Morgan fingerprint density at radius 1 is 1.26 bits per heavy atom. The number of nitrogen functional groups attached to an aromatic ring is 1. The molecule has 0 radical (unpaired) electrons. The summed E-state index contributed by atoms with van der Waals surface area (Å²) in [6.45, 7) is 6.38. The average Bonchev–Trinajstić information content (AvgIpc) is 2.75. The van der Waals surface area contributed by atoms with Gasteiger partial charge < -0.3 is 25.6 Å². The molecule has 1 unspecified atom stereocenters. The largest absolute Gasteiger partial charge is 0.496 e. The topological polar surface area (TPSA) is 120 Å². The van der Waals surface area contributed by atoms with Crippen molar-refractivity contribution in [3.05, 3.63) is 40.6 Å². The van der Waals surface area contributed by atoms with Crippen molar-refractivity contribution in [3.8, 4) is 5.75 Å². The molecule has 8 heteroatoms. The highest BCUT2D eigenvalue weighted by atomic mass is 16.5. The van der Waals surface area contributed by atoms with Gasteiger partial charge in [0.15, 0.2) is 0 Å². The number of aliphatic hydroxyl groups is 1. The summed E-state index contributed by atoms with van der Waals surface area (Å²) in [7, 11) is 1.57. The van der Waals surface area contributed by atoms with E-state index in [-0.39, 0.29) is 24.6 Å². The second kappa shape index (κ2) is 12.1. The highest BCUT2D eigenvalue weighted by Crippen LogP contribution is 2.28. The number of methoxy groups -OCH3 is 1. The van der Waals surface area contributed by atoms with Crippen LogP contribution in [0.15, 0.2) is 18.2 Å². The molecule has 1 atom stereocenters. The van der Waals surface area contributed by atoms with E-state index in [9.17, 15) is 9.90 Å². The monoisotopic (exact) mass is 430 g/mol. The van der Waals surface area contributed by atoms with Crippen molar-refractivity contribution in [2.24, 2.45) is 0 Å². The molecule has 4 N–H and O–H groups in total. The first-order chi connectivity index (χ1) is 14.9. The van der Waals surface area contributed by atoms with E-state index in [1.165, 1.54) is 0 Å². The van der Waals surface area contributed by atoms with Gasteiger partial charge in [0.25, 0.3) is 0 Å². The molecular weight excluding hydrogens is 396 g/mol. The summed E-state index contributed by atoms with van der Waals surface area (Å²) in [4.78, 5) is 20.9. The van der Waals surface area contributed by atoms with Crippen molar-refractivity contribution in [1.82, 2.24) is 9.97 Å². The lowest BCUT2D eigenvalue weighted by atomic mass is 10.0. The molecule has 0 saturated carbocycles. The van der Waals surface area contributed by atoms with Gasteiger partial charge in [-0.15, -0.1) is 0 Å². The molecule has 2 aromatic rings. The number of hydrogen-bond acceptors (Lipinski definition) is 8. The van der Waals surface area contributed by atoms with Crippen LogP contribution in [0.5, 0.6) is 5.75 Å². The molecule has 0 aliphatic heterocycles. The van der Waals surface area contributed by atoms with Gasteiger partial charge in [0.05, 0.1) is 31.9 Å². The van der Waals surface area contributed by atoms with E-state index < -0.39 is 0 Å². The van der Waals surface area contributed by atoms with Crippen LogP contribution in [0.3, 0.4) is 0 Å². The van der Waals surface area contributed by atoms with Gasteiger partial charge in [-0.2, -0.15) is 4.98 Å². The number of aryl methyl sites for hydroxylation is 1. The zero-order chi connectivity index (χ0) is 22.8. The minimum absolute atomic E-state index is 0.00556. The molecule has 0 fully saturated rings. The molecule has 0 aliphatic rings. The van der Waals surface area contributed by atoms with Crippen molar-refractivity contribution >= 4 is 17.7 Å². The van der Waals surface area contributed by atoms with E-state index in [2.05, 4.69) is 22.2 Å². The van der Waals surface area contributed by atoms with Crippen molar-refractivity contribution in [1.29, 1.82) is 0 Å². The number of nitrogens with two attached hydrogens (primary N) is 1. The van der Waals surface area contributed by atoms with Gasteiger partial charge in [-0.3, -0.25) is 0 Å². The van der Waals surface area contributed by atoms with Crippen LogP contribution in [-0.4, -0.2) is 47.4 Å². The van der Waals surface area contributed by atoms with Crippen LogP contribution >= 0.6 is 0 Å². The number of ether oxygens (including phenoxy) is 2. The fourth-order valence-electron chi connectivity index (χ4n) is 3.30. The van der Waals surface area contributed by atoms with E-state index in [0.717, 1.165) is 42.5 Å². The van der Waals surface area contributed by atoms with Gasteiger partial charge in [0.2, 0.25) is 5.95 Å². The van der Waals surface area contributed by atoms with Crippen LogP contribution in [0, 0.1) is 6.92 Å². The number of unbranched alkanes of at least 4 members (excludes halogenated alkanes) is 1. The number of aliphatic hydroxyl groups excluding tert-OH is 1. The van der Waals surface area contributed by atoms with E-state index in [1.54, 1.807) is 19.2 Å². The van der Waals surface area contributed by atoms with Crippen LogP contribution in [-0.2, 0) is 11.2 Å². The number of carbonyl (C=O) groups excluding carboxylic acids is 1. The molecule has 2 rings (SSSR count). The second-order valence-electron chi connectivity index (χ2n) is 7.50. The average molecular weight is 431 g/mol. The maximum Gasteiger partial charge on any atom is 0.338 e. The number of benzene rings is 1. The zero-order valence-electron chi connectivity index (χ0n) is 18.9. The minimum atomic E-state index is -0.363. The van der Waals surface area contributed by atoms with Crippen molar-refractivity contribution in [2.45, 2.75) is 58.9 Å². The number of carbonyl (C=O) groups is 1. The molecule has 31 heavy (non-hydrogen) atoms. The normalized spacial score (nSPS) is 11.8. The third-order valence-corrected chi connectivity index (χ3v) is 5.05. The molecule has 0 bridgehead atoms. The number of rotatable bonds is 12. The van der Waals surface area contributed by atoms with Crippen molar-refractivity contribution in [3.63, 3.8) is 0 Å². The highest BCUT2D eigenvalue weighted by Gasteiger charge is 2.18. The molecule has 170 valence electrons. The Hall–Kier alpha value is -2.87. The zero-order valence-corrected chi connectivity index (χ0v) is 18.9. The van der Waals surface area contributed by atoms with Crippen LogP contribution in [0.4, 0.5) is 11.8 Å². The fourth-order valence-corrected chi connectivity index (χ4v) is 3.30. The summed E-state index contributed by atoms with van der Waals surface area (Å²) in [6.07, 6.45) is 4.01. The smallest absolute Gasteiger partial charge is 0.338 e. The Morgan fingerprint density at radius 3 is 2.68 bits per heavy atom. The predicted octanol–water partition coefficient (Wildman–Crippen LogP) is 3.50. The molecule has 1 aromatic heterocycles. The fraction of sp³-hybridized carbons (Fsp3) is 0.522. The second-order valence-corrected chi connectivity index (χ2v) is 7.50. The molecule has 0 saturated heterocycles. The first kappa shape index (κ1) is 24.4. The van der Waals surface area contributed by atoms with E-state index in [4.69, 9.17) is 15.2 Å². The Balaban J connectivity index is 2.31. The third kappa shape index (κ3) is 6.82. The first-order valence-electron chi connectivity index (χ1n) is 10.8. The van der Waals surface area contributed by atoms with E-state index >= 15 is 0 Å². The van der Waals surface area contributed by atoms with Gasteiger partial charge in [-0.1, -0.05) is 32.8 Å². The molecule has 1 heterocycles. The lowest BCUT2D eigenvalue weighted by Crippen LogP contribution is -2.25. The molecule has 1 aromatic carbocycles.